The molecule has 0 bridgehead atoms. The first-order valence-electron chi connectivity index (χ1n) is 7.07. The van der Waals surface area contributed by atoms with E-state index in [-0.39, 0.29) is 5.97 Å². The highest BCUT2D eigenvalue weighted by molar-refractivity contribution is 6.30. The standard InChI is InChI=1S/C15H21ClN2O2/c1-2-20-15(19)7-8-17-9-11-18(12-10-17)14-5-3-13(16)4-6-14/h3-6H,2,7-12H2,1H3. The van der Waals surface area contributed by atoms with Crippen LogP contribution in [-0.4, -0.2) is 50.2 Å². The van der Waals surface area contributed by atoms with Gasteiger partial charge in [-0.2, -0.15) is 0 Å². The molecule has 1 fully saturated rings. The maximum absolute atomic E-state index is 11.3. The number of benzene rings is 1. The Morgan fingerprint density at radius 2 is 1.85 bits per heavy atom. The van der Waals surface area contributed by atoms with Crippen LogP contribution in [0.15, 0.2) is 24.3 Å². The molecule has 1 heterocycles. The van der Waals surface area contributed by atoms with Crippen molar-refractivity contribution >= 4 is 23.3 Å². The van der Waals surface area contributed by atoms with Crippen LogP contribution >= 0.6 is 11.6 Å². The van der Waals surface area contributed by atoms with Crippen molar-refractivity contribution < 1.29 is 9.53 Å². The topological polar surface area (TPSA) is 32.8 Å². The summed E-state index contributed by atoms with van der Waals surface area (Å²) in [6.07, 6.45) is 0.481. The zero-order valence-corrected chi connectivity index (χ0v) is 12.6. The van der Waals surface area contributed by atoms with Gasteiger partial charge in [-0.1, -0.05) is 11.6 Å². The fourth-order valence-electron chi connectivity index (χ4n) is 2.36. The maximum Gasteiger partial charge on any atom is 0.307 e. The third-order valence-electron chi connectivity index (χ3n) is 3.50. The van der Waals surface area contributed by atoms with Gasteiger partial charge in [0.25, 0.3) is 0 Å². The molecule has 5 heteroatoms. The lowest BCUT2D eigenvalue weighted by atomic mass is 10.2. The van der Waals surface area contributed by atoms with Crippen LogP contribution in [0.4, 0.5) is 5.69 Å². The molecule has 0 saturated carbocycles. The Kier molecular flexibility index (Phi) is 5.68. The molecule has 0 aliphatic carbocycles. The van der Waals surface area contributed by atoms with Crippen LogP contribution in [0.25, 0.3) is 0 Å². The largest absolute Gasteiger partial charge is 0.466 e. The number of anilines is 1. The van der Waals surface area contributed by atoms with E-state index >= 15 is 0 Å². The Morgan fingerprint density at radius 1 is 1.20 bits per heavy atom. The lowest BCUT2D eigenvalue weighted by molar-refractivity contribution is -0.143. The van der Waals surface area contributed by atoms with Crippen molar-refractivity contribution in [3.63, 3.8) is 0 Å². The molecule has 1 aromatic carbocycles. The second kappa shape index (κ2) is 7.50. The van der Waals surface area contributed by atoms with Crippen molar-refractivity contribution in [3.05, 3.63) is 29.3 Å². The van der Waals surface area contributed by atoms with Gasteiger partial charge >= 0.3 is 5.97 Å². The number of carbonyl (C=O) groups is 1. The van der Waals surface area contributed by atoms with Crippen molar-refractivity contribution in [2.75, 3.05) is 44.2 Å². The summed E-state index contributed by atoms with van der Waals surface area (Å²) >= 11 is 5.90. The summed E-state index contributed by atoms with van der Waals surface area (Å²) in [6, 6.07) is 7.95. The van der Waals surface area contributed by atoms with Crippen LogP contribution in [0.2, 0.25) is 5.02 Å². The van der Waals surface area contributed by atoms with E-state index in [9.17, 15) is 4.79 Å². The summed E-state index contributed by atoms with van der Waals surface area (Å²) in [6.45, 7) is 6.98. The predicted molar refractivity (Wildman–Crippen MR) is 81.4 cm³/mol. The summed E-state index contributed by atoms with van der Waals surface area (Å²) in [7, 11) is 0. The minimum atomic E-state index is -0.104. The summed E-state index contributed by atoms with van der Waals surface area (Å²) in [5, 5.41) is 0.766. The third-order valence-corrected chi connectivity index (χ3v) is 3.75. The molecule has 4 nitrogen and oxygen atoms in total. The number of hydrogen-bond acceptors (Lipinski definition) is 4. The highest BCUT2D eigenvalue weighted by Crippen LogP contribution is 2.19. The molecular formula is C15H21ClN2O2. The van der Waals surface area contributed by atoms with Gasteiger partial charge in [0.1, 0.15) is 0 Å². The maximum atomic E-state index is 11.3. The Hall–Kier alpha value is -1.26. The summed E-state index contributed by atoms with van der Waals surface area (Å²) in [5.41, 5.74) is 1.21. The highest BCUT2D eigenvalue weighted by Gasteiger charge is 2.17. The molecule has 110 valence electrons. The zero-order valence-electron chi connectivity index (χ0n) is 11.8. The monoisotopic (exact) mass is 296 g/mol. The van der Waals surface area contributed by atoms with Crippen LogP contribution in [0.3, 0.4) is 0 Å². The molecule has 1 aliphatic rings. The van der Waals surface area contributed by atoms with Crippen LogP contribution < -0.4 is 4.90 Å². The molecule has 2 rings (SSSR count). The van der Waals surface area contributed by atoms with E-state index in [1.165, 1.54) is 5.69 Å². The molecule has 0 atom stereocenters. The van der Waals surface area contributed by atoms with Gasteiger partial charge in [-0.05, 0) is 31.2 Å². The van der Waals surface area contributed by atoms with Gasteiger partial charge < -0.3 is 9.64 Å². The molecule has 0 unspecified atom stereocenters. The van der Waals surface area contributed by atoms with Crippen LogP contribution in [0.1, 0.15) is 13.3 Å². The average molecular weight is 297 g/mol. The van der Waals surface area contributed by atoms with Crippen molar-refractivity contribution in [3.8, 4) is 0 Å². The zero-order chi connectivity index (χ0) is 14.4. The normalized spacial score (nSPS) is 16.2. The summed E-state index contributed by atoms with van der Waals surface area (Å²) < 4.78 is 4.95. The molecule has 0 radical (unpaired) electrons. The molecule has 0 amide bonds. The molecule has 1 aliphatic heterocycles. The summed E-state index contributed by atoms with van der Waals surface area (Å²) in [5.74, 6) is -0.104. The number of piperazine rings is 1. The lowest BCUT2D eigenvalue weighted by Gasteiger charge is -2.36. The van der Waals surface area contributed by atoms with Crippen molar-refractivity contribution in [2.45, 2.75) is 13.3 Å². The van der Waals surface area contributed by atoms with Gasteiger partial charge in [0, 0.05) is 43.4 Å². The number of ether oxygens (including phenoxy) is 1. The first kappa shape index (κ1) is 15.1. The first-order chi connectivity index (χ1) is 9.69. The molecule has 0 N–H and O–H groups in total. The molecule has 20 heavy (non-hydrogen) atoms. The second-order valence-electron chi connectivity index (χ2n) is 4.86. The number of nitrogens with zero attached hydrogens (tertiary/aromatic N) is 2. The van der Waals surface area contributed by atoms with Gasteiger partial charge in [-0.25, -0.2) is 0 Å². The molecule has 0 aromatic heterocycles. The van der Waals surface area contributed by atoms with Crippen LogP contribution in [0.5, 0.6) is 0 Å². The smallest absolute Gasteiger partial charge is 0.307 e. The van der Waals surface area contributed by atoms with Gasteiger partial charge in [0.15, 0.2) is 0 Å². The minimum absolute atomic E-state index is 0.104. The SMILES string of the molecule is CCOC(=O)CCN1CCN(c2ccc(Cl)cc2)CC1. The van der Waals surface area contributed by atoms with E-state index in [0.717, 1.165) is 37.7 Å². The van der Waals surface area contributed by atoms with E-state index in [1.807, 2.05) is 19.1 Å². The number of halogens is 1. The number of esters is 1. The van der Waals surface area contributed by atoms with E-state index < -0.39 is 0 Å². The fraction of sp³-hybridized carbons (Fsp3) is 0.533. The van der Waals surface area contributed by atoms with Crippen molar-refractivity contribution in [1.29, 1.82) is 0 Å². The predicted octanol–water partition coefficient (Wildman–Crippen LogP) is 2.42. The molecule has 0 spiro atoms. The Bertz CT molecular complexity index is 428. The summed E-state index contributed by atoms with van der Waals surface area (Å²) in [4.78, 5) is 16.0. The highest BCUT2D eigenvalue weighted by atomic mass is 35.5. The number of rotatable bonds is 5. The minimum Gasteiger partial charge on any atom is -0.466 e. The van der Waals surface area contributed by atoms with Gasteiger partial charge in [0.05, 0.1) is 13.0 Å². The van der Waals surface area contributed by atoms with E-state index in [0.29, 0.717) is 13.0 Å². The second-order valence-corrected chi connectivity index (χ2v) is 5.30. The van der Waals surface area contributed by atoms with Crippen LogP contribution in [-0.2, 0) is 9.53 Å². The van der Waals surface area contributed by atoms with Crippen LogP contribution in [0, 0.1) is 0 Å². The average Bonchev–Trinajstić information content (AvgIpc) is 2.47. The first-order valence-corrected chi connectivity index (χ1v) is 7.45. The quantitative estimate of drug-likeness (QED) is 0.781. The lowest BCUT2D eigenvalue weighted by Crippen LogP contribution is -2.47. The fourth-order valence-corrected chi connectivity index (χ4v) is 2.49. The Morgan fingerprint density at radius 3 is 2.45 bits per heavy atom. The van der Waals surface area contributed by atoms with Crippen molar-refractivity contribution in [1.82, 2.24) is 4.90 Å². The van der Waals surface area contributed by atoms with E-state index in [2.05, 4.69) is 21.9 Å². The number of hydrogen-bond donors (Lipinski definition) is 0. The molecule has 1 saturated heterocycles. The molecule has 1 aromatic rings. The van der Waals surface area contributed by atoms with E-state index in [4.69, 9.17) is 16.3 Å². The van der Waals surface area contributed by atoms with E-state index in [1.54, 1.807) is 0 Å². The van der Waals surface area contributed by atoms with Gasteiger partial charge in [-0.15, -0.1) is 0 Å². The number of carbonyl (C=O) groups excluding carboxylic acids is 1. The molecular weight excluding hydrogens is 276 g/mol. The third kappa shape index (κ3) is 4.39. The van der Waals surface area contributed by atoms with Gasteiger partial charge in [0.2, 0.25) is 0 Å². The Balaban J connectivity index is 1.75. The van der Waals surface area contributed by atoms with Gasteiger partial charge in [-0.3, -0.25) is 9.69 Å². The van der Waals surface area contributed by atoms with Crippen molar-refractivity contribution in [2.24, 2.45) is 0 Å². The Labute approximate surface area is 125 Å².